The van der Waals surface area contributed by atoms with Crippen LogP contribution in [-0.2, 0) is 9.53 Å². The lowest BCUT2D eigenvalue weighted by Crippen LogP contribution is -2.13. The Morgan fingerprint density at radius 2 is 1.38 bits per heavy atom. The molecule has 0 radical (unpaired) electrons. The summed E-state index contributed by atoms with van der Waals surface area (Å²) in [5, 5.41) is 15.2. The van der Waals surface area contributed by atoms with E-state index in [0.717, 1.165) is 17.0 Å². The topological polar surface area (TPSA) is 92.8 Å². The average molecular weight is 361 g/mol. The van der Waals surface area contributed by atoms with E-state index in [2.05, 4.69) is 26.7 Å². The van der Waals surface area contributed by atoms with Gasteiger partial charge >= 0.3 is 5.97 Å². The summed E-state index contributed by atoms with van der Waals surface area (Å²) >= 11 is 0. The molecule has 2 aromatic carbocycles. The Kier molecular flexibility index (Phi) is 13.8. The van der Waals surface area contributed by atoms with Crippen molar-refractivity contribution in [3.63, 3.8) is 0 Å². The lowest BCUT2D eigenvalue weighted by atomic mass is 10.0. The zero-order valence-corrected chi connectivity index (χ0v) is 15.8. The van der Waals surface area contributed by atoms with Gasteiger partial charge in [-0.25, -0.2) is 10.7 Å². The van der Waals surface area contributed by atoms with Gasteiger partial charge in [0.15, 0.2) is 0 Å². The Morgan fingerprint density at radius 1 is 0.962 bits per heavy atom. The van der Waals surface area contributed by atoms with Crippen LogP contribution in [0, 0.1) is 5.92 Å². The first kappa shape index (κ1) is 23.8. The van der Waals surface area contributed by atoms with Gasteiger partial charge in [-0.1, -0.05) is 94.3 Å². The van der Waals surface area contributed by atoms with Crippen molar-refractivity contribution in [3.05, 3.63) is 71.8 Å². The Balaban J connectivity index is 0.000000667. The zero-order valence-electron chi connectivity index (χ0n) is 15.8. The maximum atomic E-state index is 10.6. The van der Waals surface area contributed by atoms with Crippen LogP contribution >= 0.6 is 0 Å². The maximum Gasteiger partial charge on any atom is 0.329 e. The Hall–Kier alpha value is -2.21. The summed E-state index contributed by atoms with van der Waals surface area (Å²) in [5.74, 6) is 3.43. The second kappa shape index (κ2) is 15.1. The molecule has 0 fully saturated rings. The van der Waals surface area contributed by atoms with E-state index in [1.165, 1.54) is 12.8 Å². The van der Waals surface area contributed by atoms with Crippen LogP contribution in [0.3, 0.4) is 0 Å². The zero-order chi connectivity index (χ0) is 19.8. The molecular formula is C21H31NO4. The largest absolute Gasteiger partial charge is 0.480 e. The number of hydrogen-bond donors (Lipinski definition) is 3. The third-order valence-corrected chi connectivity index (χ3v) is 3.44. The molecule has 0 aliphatic carbocycles. The molecule has 5 nitrogen and oxygen atoms in total. The van der Waals surface area contributed by atoms with E-state index in [9.17, 15) is 4.79 Å². The minimum absolute atomic E-state index is 0.311. The van der Waals surface area contributed by atoms with Crippen LogP contribution in [0.1, 0.15) is 50.8 Å². The highest BCUT2D eigenvalue weighted by atomic mass is 16.5. The van der Waals surface area contributed by atoms with Crippen LogP contribution in [0.4, 0.5) is 0 Å². The van der Waals surface area contributed by atoms with Crippen molar-refractivity contribution in [3.8, 4) is 0 Å². The van der Waals surface area contributed by atoms with E-state index in [1.807, 2.05) is 60.7 Å². The normalized spacial score (nSPS) is 9.81. The molecule has 0 atom stereocenters. The lowest BCUT2D eigenvalue weighted by Gasteiger charge is -2.17. The highest BCUT2D eigenvalue weighted by Gasteiger charge is 2.15. The molecule has 4 N–H and O–H groups in total. The number of carboxylic acid groups (broad SMARTS) is 1. The number of benzene rings is 2. The quantitative estimate of drug-likeness (QED) is 0.624. The number of rotatable bonds is 7. The smallest absolute Gasteiger partial charge is 0.329 e. The number of carboxylic acids is 1. The fourth-order valence-electron chi connectivity index (χ4n) is 2.37. The van der Waals surface area contributed by atoms with Crippen molar-refractivity contribution in [2.75, 3.05) is 6.61 Å². The first-order valence-electron chi connectivity index (χ1n) is 8.73. The molecule has 0 bridgehead atoms. The number of aliphatic carboxylic acids is 1. The summed E-state index contributed by atoms with van der Waals surface area (Å²) in [7, 11) is 0. The van der Waals surface area contributed by atoms with Crippen LogP contribution < -0.4 is 5.90 Å². The van der Waals surface area contributed by atoms with Gasteiger partial charge in [0.05, 0.1) is 0 Å². The summed E-state index contributed by atoms with van der Waals surface area (Å²) in [5.41, 5.74) is 1.90. The molecule has 0 unspecified atom stereocenters. The minimum Gasteiger partial charge on any atom is -0.480 e. The SMILES string of the molecule is CCCC(C)C.NO.O=C(O)COC(c1ccccc1)c1ccccc1. The van der Waals surface area contributed by atoms with Crippen LogP contribution in [0.15, 0.2) is 60.7 Å². The number of nitrogens with two attached hydrogens (primary N) is 1. The van der Waals surface area contributed by atoms with E-state index >= 15 is 0 Å². The predicted molar refractivity (Wildman–Crippen MR) is 104 cm³/mol. The molecule has 144 valence electrons. The van der Waals surface area contributed by atoms with Gasteiger partial charge in [0.1, 0.15) is 12.7 Å². The van der Waals surface area contributed by atoms with Crippen LogP contribution in [0.5, 0.6) is 0 Å². The van der Waals surface area contributed by atoms with Gasteiger partial charge in [-0.15, -0.1) is 0 Å². The predicted octanol–water partition coefficient (Wildman–Crippen LogP) is 4.65. The summed E-state index contributed by atoms with van der Waals surface area (Å²) in [4.78, 5) is 10.6. The summed E-state index contributed by atoms with van der Waals surface area (Å²) in [6.07, 6.45) is 2.36. The maximum absolute atomic E-state index is 10.6. The van der Waals surface area contributed by atoms with Gasteiger partial charge in [0, 0.05) is 0 Å². The molecule has 0 aliphatic heterocycles. The standard InChI is InChI=1S/C15H14O3.C6H14.H3NO/c16-14(17)11-18-15(12-7-3-1-4-8-12)13-9-5-2-6-10-13;1-4-5-6(2)3;1-2/h1-10,15H,11H2,(H,16,17);6H,4-5H2,1-3H3;2H,1H2. The third-order valence-electron chi connectivity index (χ3n) is 3.44. The molecular weight excluding hydrogens is 330 g/mol. The average Bonchev–Trinajstić information content (AvgIpc) is 2.65. The Morgan fingerprint density at radius 3 is 1.65 bits per heavy atom. The monoisotopic (exact) mass is 361 g/mol. The lowest BCUT2D eigenvalue weighted by molar-refractivity contribution is -0.143. The first-order valence-corrected chi connectivity index (χ1v) is 8.73. The van der Waals surface area contributed by atoms with Crippen molar-refractivity contribution >= 4 is 5.97 Å². The second-order valence-corrected chi connectivity index (χ2v) is 6.09. The minimum atomic E-state index is -0.966. The first-order chi connectivity index (χ1) is 12.5. The third kappa shape index (κ3) is 10.6. The number of ether oxygens (including phenoxy) is 1. The molecule has 2 aromatic rings. The van der Waals surface area contributed by atoms with Gasteiger partial charge in [0.2, 0.25) is 0 Å². The molecule has 0 amide bonds. The molecule has 0 heterocycles. The van der Waals surface area contributed by atoms with Crippen LogP contribution in [0.25, 0.3) is 0 Å². The Bertz CT molecular complexity index is 534. The number of carbonyl (C=O) groups is 1. The van der Waals surface area contributed by atoms with E-state index in [-0.39, 0.29) is 12.7 Å². The van der Waals surface area contributed by atoms with Crippen molar-refractivity contribution < 1.29 is 19.8 Å². The van der Waals surface area contributed by atoms with Crippen molar-refractivity contribution in [2.24, 2.45) is 11.8 Å². The van der Waals surface area contributed by atoms with E-state index in [1.54, 1.807) is 0 Å². The summed E-state index contributed by atoms with van der Waals surface area (Å²) in [6, 6.07) is 19.2. The molecule has 0 aliphatic rings. The molecule has 0 spiro atoms. The van der Waals surface area contributed by atoms with Gasteiger partial charge < -0.3 is 15.1 Å². The van der Waals surface area contributed by atoms with E-state index < -0.39 is 5.97 Å². The highest BCUT2D eigenvalue weighted by molar-refractivity contribution is 5.68. The van der Waals surface area contributed by atoms with Gasteiger partial charge in [0.25, 0.3) is 0 Å². The van der Waals surface area contributed by atoms with Crippen molar-refractivity contribution in [1.82, 2.24) is 0 Å². The van der Waals surface area contributed by atoms with Crippen LogP contribution in [-0.4, -0.2) is 22.9 Å². The van der Waals surface area contributed by atoms with Gasteiger partial charge in [-0.05, 0) is 17.0 Å². The molecule has 0 aromatic heterocycles. The highest BCUT2D eigenvalue weighted by Crippen LogP contribution is 2.25. The number of hydrogen-bond acceptors (Lipinski definition) is 4. The molecule has 0 saturated carbocycles. The van der Waals surface area contributed by atoms with Crippen molar-refractivity contribution in [2.45, 2.75) is 39.7 Å². The fourth-order valence-corrected chi connectivity index (χ4v) is 2.37. The van der Waals surface area contributed by atoms with Crippen molar-refractivity contribution in [1.29, 1.82) is 0 Å². The Labute approximate surface area is 156 Å². The van der Waals surface area contributed by atoms with Gasteiger partial charge in [-0.2, -0.15) is 0 Å². The van der Waals surface area contributed by atoms with E-state index in [0.29, 0.717) is 0 Å². The molecule has 5 heteroatoms. The molecule has 2 rings (SSSR count). The van der Waals surface area contributed by atoms with E-state index in [4.69, 9.17) is 15.1 Å². The molecule has 0 saturated heterocycles. The van der Waals surface area contributed by atoms with Crippen LogP contribution in [0.2, 0.25) is 0 Å². The fraction of sp³-hybridized carbons (Fsp3) is 0.381. The summed E-state index contributed by atoms with van der Waals surface area (Å²) < 4.78 is 5.48. The molecule has 26 heavy (non-hydrogen) atoms. The van der Waals surface area contributed by atoms with Gasteiger partial charge in [-0.3, -0.25) is 0 Å². The summed E-state index contributed by atoms with van der Waals surface area (Å²) in [6.45, 7) is 6.42. The second-order valence-electron chi connectivity index (χ2n) is 6.09.